The lowest BCUT2D eigenvalue weighted by Gasteiger charge is -2.47. The molecule has 1 unspecified atom stereocenters. The summed E-state index contributed by atoms with van der Waals surface area (Å²) >= 11 is 0. The lowest BCUT2D eigenvalue weighted by atomic mass is 9.76. The van der Waals surface area contributed by atoms with E-state index in [0.717, 1.165) is 16.0 Å². The zero-order chi connectivity index (χ0) is 33.5. The van der Waals surface area contributed by atoms with E-state index in [1.54, 1.807) is 28.0 Å². The second-order valence-corrected chi connectivity index (χ2v) is 11.8. The van der Waals surface area contributed by atoms with E-state index in [9.17, 15) is 35.9 Å². The summed E-state index contributed by atoms with van der Waals surface area (Å²) in [7, 11) is 2.87. The molecule has 2 fully saturated rings. The van der Waals surface area contributed by atoms with Crippen LogP contribution in [0, 0.1) is 12.3 Å². The predicted octanol–water partition coefficient (Wildman–Crippen LogP) is 7.95. The molecule has 0 spiro atoms. The molecule has 2 aromatic rings. The Bertz CT molecular complexity index is 1430. The Morgan fingerprint density at radius 1 is 1.04 bits per heavy atom. The summed E-state index contributed by atoms with van der Waals surface area (Å²) in [6.45, 7) is 11.2. The molecule has 12 heteroatoms. The first-order chi connectivity index (χ1) is 21.0. The van der Waals surface area contributed by atoms with Gasteiger partial charge in [0.15, 0.2) is 0 Å². The predicted molar refractivity (Wildman–Crippen MR) is 157 cm³/mol. The highest BCUT2D eigenvalue weighted by Crippen LogP contribution is 2.50. The highest BCUT2D eigenvalue weighted by Gasteiger charge is 2.56. The third-order valence-corrected chi connectivity index (χ3v) is 9.08. The number of hydrogen-bond donors (Lipinski definition) is 0. The fourth-order valence-electron chi connectivity index (χ4n) is 6.65. The SMILES string of the molecule is C=CCC1(CC=C)CC2[C@H](c3ccc(OC)cc3C)N(C(=O)N(C)[C@H](C)c3cc(C(F)(F)F)cc(C(F)(F)F)c3)CCN2C1=O. The number of amides is 3. The van der Waals surface area contributed by atoms with Gasteiger partial charge in [-0.15, -0.1) is 13.2 Å². The van der Waals surface area contributed by atoms with Crippen molar-refractivity contribution in [1.29, 1.82) is 0 Å². The first-order valence-corrected chi connectivity index (χ1v) is 14.5. The molecular formula is C33H37F6N3O3. The molecule has 0 bridgehead atoms. The fraction of sp³-hybridized carbons (Fsp3) is 0.455. The van der Waals surface area contributed by atoms with Gasteiger partial charge in [0.1, 0.15) is 5.75 Å². The molecule has 6 nitrogen and oxygen atoms in total. The van der Waals surface area contributed by atoms with E-state index in [2.05, 4.69) is 13.2 Å². The Hall–Kier alpha value is -3.96. The van der Waals surface area contributed by atoms with Gasteiger partial charge in [-0.3, -0.25) is 4.79 Å². The number of urea groups is 1. The summed E-state index contributed by atoms with van der Waals surface area (Å²) in [6.07, 6.45) is -5.46. The van der Waals surface area contributed by atoms with E-state index in [-0.39, 0.29) is 30.6 Å². The van der Waals surface area contributed by atoms with Crippen LogP contribution in [0.3, 0.4) is 0 Å². The van der Waals surface area contributed by atoms with Crippen molar-refractivity contribution in [1.82, 2.24) is 14.7 Å². The van der Waals surface area contributed by atoms with Crippen LogP contribution in [-0.2, 0) is 17.1 Å². The molecule has 0 saturated carbocycles. The maximum Gasteiger partial charge on any atom is 0.416 e. The quantitative estimate of drug-likeness (QED) is 0.218. The molecule has 2 aliphatic heterocycles. The van der Waals surface area contributed by atoms with Gasteiger partial charge in [0.2, 0.25) is 5.91 Å². The lowest BCUT2D eigenvalue weighted by Crippen LogP contribution is -2.57. The summed E-state index contributed by atoms with van der Waals surface area (Å²) in [5.41, 5.74) is -2.47. The number of nitrogens with zero attached hydrogens (tertiary/aromatic N) is 3. The van der Waals surface area contributed by atoms with Crippen molar-refractivity contribution in [2.24, 2.45) is 5.41 Å². The van der Waals surface area contributed by atoms with E-state index >= 15 is 0 Å². The van der Waals surface area contributed by atoms with E-state index in [0.29, 0.717) is 37.1 Å². The van der Waals surface area contributed by atoms with Gasteiger partial charge in [-0.2, -0.15) is 26.3 Å². The molecule has 0 aliphatic carbocycles. The molecule has 3 amide bonds. The van der Waals surface area contributed by atoms with Crippen LogP contribution in [0.15, 0.2) is 61.7 Å². The molecule has 0 aromatic heterocycles. The molecule has 0 N–H and O–H groups in total. The normalized spacial score (nSPS) is 20.4. The van der Waals surface area contributed by atoms with Crippen LogP contribution in [-0.4, -0.2) is 59.9 Å². The molecule has 244 valence electrons. The van der Waals surface area contributed by atoms with Gasteiger partial charge >= 0.3 is 18.4 Å². The average molecular weight is 638 g/mol. The van der Waals surface area contributed by atoms with Crippen LogP contribution in [0.25, 0.3) is 0 Å². The Balaban J connectivity index is 1.77. The Morgan fingerprint density at radius 3 is 2.11 bits per heavy atom. The van der Waals surface area contributed by atoms with Crippen LogP contribution >= 0.6 is 0 Å². The van der Waals surface area contributed by atoms with Gasteiger partial charge in [-0.25, -0.2) is 4.79 Å². The van der Waals surface area contributed by atoms with E-state index in [1.807, 2.05) is 19.1 Å². The second-order valence-electron chi connectivity index (χ2n) is 11.8. The van der Waals surface area contributed by atoms with E-state index < -0.39 is 53.1 Å². The number of aryl methyl sites for hydroxylation is 1. The smallest absolute Gasteiger partial charge is 0.416 e. The maximum atomic E-state index is 14.2. The van der Waals surface area contributed by atoms with Gasteiger partial charge in [0.25, 0.3) is 0 Å². The summed E-state index contributed by atoms with van der Waals surface area (Å²) in [5, 5.41) is 0. The van der Waals surface area contributed by atoms with Crippen molar-refractivity contribution in [3.63, 3.8) is 0 Å². The summed E-state index contributed by atoms with van der Waals surface area (Å²) in [6, 6.07) is 3.87. The van der Waals surface area contributed by atoms with Crippen LogP contribution < -0.4 is 4.74 Å². The van der Waals surface area contributed by atoms with Crippen molar-refractivity contribution < 1.29 is 40.7 Å². The van der Waals surface area contributed by atoms with Gasteiger partial charge in [0.05, 0.1) is 41.8 Å². The molecule has 45 heavy (non-hydrogen) atoms. The van der Waals surface area contributed by atoms with Gasteiger partial charge < -0.3 is 19.4 Å². The molecule has 2 saturated heterocycles. The number of benzene rings is 2. The number of ether oxygens (including phenoxy) is 1. The number of methoxy groups -OCH3 is 1. The van der Waals surface area contributed by atoms with Crippen LogP contribution in [0.2, 0.25) is 0 Å². The van der Waals surface area contributed by atoms with Gasteiger partial charge in [0, 0.05) is 20.1 Å². The van der Waals surface area contributed by atoms with Crippen LogP contribution in [0.1, 0.15) is 66.1 Å². The average Bonchev–Trinajstić information content (AvgIpc) is 3.25. The number of carbonyl (C=O) groups excluding carboxylic acids is 2. The third kappa shape index (κ3) is 6.41. The standard InChI is InChI=1S/C33H37F6N3O3/c1-7-11-31(12-8-2)19-27-28(26-10-9-25(45-6)15-20(26)3)42(14-13-41(27)29(31)43)30(44)40(5)21(4)22-16-23(32(34,35)36)18-24(17-22)33(37,38)39/h7-10,15-18,21,27-28H,1-2,11-14,19H2,3-6H3/t21-,27?,28+/m1/s1. The minimum Gasteiger partial charge on any atom is -0.497 e. The molecular weight excluding hydrogens is 600 g/mol. The fourth-order valence-corrected chi connectivity index (χ4v) is 6.65. The van der Waals surface area contributed by atoms with Crippen molar-refractivity contribution in [2.75, 3.05) is 27.2 Å². The highest BCUT2D eigenvalue weighted by atomic mass is 19.4. The first kappa shape index (κ1) is 33.9. The summed E-state index contributed by atoms with van der Waals surface area (Å²) < 4.78 is 87.0. The van der Waals surface area contributed by atoms with Crippen molar-refractivity contribution >= 4 is 11.9 Å². The molecule has 0 radical (unpaired) electrons. The lowest BCUT2D eigenvalue weighted by molar-refractivity contribution is -0.143. The van der Waals surface area contributed by atoms with Crippen LogP contribution in [0.5, 0.6) is 5.75 Å². The Morgan fingerprint density at radius 2 is 1.62 bits per heavy atom. The molecule has 2 aliphatic rings. The Labute approximate surface area is 258 Å². The van der Waals surface area contributed by atoms with Crippen LogP contribution in [0.4, 0.5) is 31.1 Å². The second kappa shape index (κ2) is 12.4. The highest BCUT2D eigenvalue weighted by molar-refractivity contribution is 5.87. The molecule has 4 rings (SSSR count). The van der Waals surface area contributed by atoms with Crippen molar-refractivity contribution in [3.05, 3.63) is 89.5 Å². The number of halogens is 6. The minimum absolute atomic E-state index is 0.0651. The first-order valence-electron chi connectivity index (χ1n) is 14.5. The largest absolute Gasteiger partial charge is 0.497 e. The van der Waals surface area contributed by atoms with E-state index in [1.165, 1.54) is 21.1 Å². The number of rotatable bonds is 8. The summed E-state index contributed by atoms with van der Waals surface area (Å²) in [4.78, 5) is 32.6. The zero-order valence-corrected chi connectivity index (χ0v) is 25.6. The number of hydrogen-bond acceptors (Lipinski definition) is 3. The maximum absolute atomic E-state index is 14.2. The molecule has 2 aromatic carbocycles. The molecule has 3 atom stereocenters. The Kier molecular flexibility index (Phi) is 9.38. The van der Waals surface area contributed by atoms with E-state index in [4.69, 9.17) is 4.74 Å². The number of allylic oxidation sites excluding steroid dienone is 2. The molecule has 2 heterocycles. The number of carbonyl (C=O) groups is 2. The number of fused-ring (bicyclic) bond motifs is 1. The van der Waals surface area contributed by atoms with Crippen molar-refractivity contribution in [2.45, 2.75) is 63.6 Å². The topological polar surface area (TPSA) is 53.1 Å². The van der Waals surface area contributed by atoms with Gasteiger partial charge in [-0.05, 0) is 80.1 Å². The minimum atomic E-state index is -5.02. The zero-order valence-electron chi connectivity index (χ0n) is 25.6. The monoisotopic (exact) mass is 637 g/mol. The number of piperazine rings is 1. The van der Waals surface area contributed by atoms with Crippen molar-refractivity contribution in [3.8, 4) is 5.75 Å². The van der Waals surface area contributed by atoms with Gasteiger partial charge in [-0.1, -0.05) is 18.2 Å². The summed E-state index contributed by atoms with van der Waals surface area (Å²) in [5.74, 6) is 0.522. The number of alkyl halides is 6. The third-order valence-electron chi connectivity index (χ3n) is 9.08.